The summed E-state index contributed by atoms with van der Waals surface area (Å²) < 4.78 is 5.11. The van der Waals surface area contributed by atoms with Crippen LogP contribution < -0.4 is 15.4 Å². The van der Waals surface area contributed by atoms with Crippen molar-refractivity contribution in [2.24, 2.45) is 0 Å². The smallest absolute Gasteiger partial charge is 0.221 e. The van der Waals surface area contributed by atoms with Gasteiger partial charge in [0.15, 0.2) is 0 Å². The molecule has 1 saturated heterocycles. The number of methoxy groups -OCH3 is 1. The monoisotopic (exact) mass is 250 g/mol. The molecule has 2 rings (SSSR count). The first-order valence-electron chi connectivity index (χ1n) is 6.01. The van der Waals surface area contributed by atoms with Crippen LogP contribution in [-0.2, 0) is 4.79 Å². The molecule has 0 aromatic heterocycles. The topological polar surface area (TPSA) is 70.6 Å². The van der Waals surface area contributed by atoms with E-state index in [1.54, 1.807) is 7.11 Å². The molecule has 5 heteroatoms. The van der Waals surface area contributed by atoms with Crippen LogP contribution in [0.2, 0.25) is 0 Å². The molecule has 18 heavy (non-hydrogen) atoms. The summed E-state index contributed by atoms with van der Waals surface area (Å²) in [6.07, 6.45) is -0.124. The predicted molar refractivity (Wildman–Crippen MR) is 67.4 cm³/mol. The summed E-state index contributed by atoms with van der Waals surface area (Å²) in [5.74, 6) is 0.785. The van der Waals surface area contributed by atoms with Gasteiger partial charge in [-0.1, -0.05) is 12.1 Å². The lowest BCUT2D eigenvalue weighted by atomic mass is 10.1. The molecule has 0 aliphatic carbocycles. The van der Waals surface area contributed by atoms with E-state index in [9.17, 15) is 9.90 Å². The van der Waals surface area contributed by atoms with Crippen LogP contribution in [0.5, 0.6) is 5.75 Å². The summed E-state index contributed by atoms with van der Waals surface area (Å²) in [5, 5.41) is 16.0. The minimum atomic E-state index is -0.601. The van der Waals surface area contributed by atoms with Gasteiger partial charge < -0.3 is 20.5 Å². The standard InChI is InChI=1S/C13H18N2O3/c1-18-11-4-2-3-9(5-11)12(16)8-14-10-6-13(17)15-7-10/h2-5,10,12,14,16H,6-8H2,1H3,(H,15,17). The number of nitrogens with one attached hydrogen (secondary N) is 2. The van der Waals surface area contributed by atoms with Crippen LogP contribution in [0.1, 0.15) is 18.1 Å². The van der Waals surface area contributed by atoms with E-state index in [2.05, 4.69) is 10.6 Å². The number of aliphatic hydroxyl groups excluding tert-OH is 1. The molecule has 1 amide bonds. The van der Waals surface area contributed by atoms with Crippen LogP contribution in [0.25, 0.3) is 0 Å². The van der Waals surface area contributed by atoms with Crippen molar-refractivity contribution in [1.29, 1.82) is 0 Å². The molecule has 1 aromatic rings. The maximum Gasteiger partial charge on any atom is 0.221 e. The number of hydrogen-bond donors (Lipinski definition) is 3. The largest absolute Gasteiger partial charge is 0.497 e. The molecule has 0 bridgehead atoms. The van der Waals surface area contributed by atoms with Gasteiger partial charge in [-0.3, -0.25) is 4.79 Å². The number of ether oxygens (including phenoxy) is 1. The van der Waals surface area contributed by atoms with Crippen molar-refractivity contribution < 1.29 is 14.6 Å². The molecule has 0 spiro atoms. The lowest BCUT2D eigenvalue weighted by Crippen LogP contribution is -2.34. The third kappa shape index (κ3) is 3.21. The van der Waals surface area contributed by atoms with Gasteiger partial charge >= 0.3 is 0 Å². The molecule has 3 N–H and O–H groups in total. The van der Waals surface area contributed by atoms with E-state index in [0.717, 1.165) is 11.3 Å². The zero-order chi connectivity index (χ0) is 13.0. The van der Waals surface area contributed by atoms with E-state index in [0.29, 0.717) is 19.5 Å². The third-order valence-electron chi connectivity index (χ3n) is 3.06. The van der Waals surface area contributed by atoms with Gasteiger partial charge in [0.2, 0.25) is 5.91 Å². The normalized spacial score (nSPS) is 20.6. The number of benzene rings is 1. The first-order valence-corrected chi connectivity index (χ1v) is 6.01. The van der Waals surface area contributed by atoms with Gasteiger partial charge in [-0.05, 0) is 17.7 Å². The average Bonchev–Trinajstić information content (AvgIpc) is 2.82. The van der Waals surface area contributed by atoms with Gasteiger partial charge in [-0.15, -0.1) is 0 Å². The second-order valence-electron chi connectivity index (χ2n) is 4.41. The summed E-state index contributed by atoms with van der Waals surface area (Å²) in [6, 6.07) is 7.45. The summed E-state index contributed by atoms with van der Waals surface area (Å²) in [5.41, 5.74) is 0.805. The zero-order valence-electron chi connectivity index (χ0n) is 10.3. The van der Waals surface area contributed by atoms with E-state index in [-0.39, 0.29) is 11.9 Å². The van der Waals surface area contributed by atoms with Crippen LogP contribution in [0.15, 0.2) is 24.3 Å². The Kier molecular flexibility index (Phi) is 4.17. The second kappa shape index (κ2) is 5.84. The van der Waals surface area contributed by atoms with Crippen molar-refractivity contribution in [2.45, 2.75) is 18.6 Å². The van der Waals surface area contributed by atoms with Gasteiger partial charge in [-0.2, -0.15) is 0 Å². The van der Waals surface area contributed by atoms with Gasteiger partial charge in [0.05, 0.1) is 13.2 Å². The highest BCUT2D eigenvalue weighted by molar-refractivity contribution is 5.78. The Morgan fingerprint density at radius 2 is 2.44 bits per heavy atom. The molecule has 5 nitrogen and oxygen atoms in total. The fourth-order valence-corrected chi connectivity index (χ4v) is 1.99. The van der Waals surface area contributed by atoms with E-state index in [1.165, 1.54) is 0 Å². The fourth-order valence-electron chi connectivity index (χ4n) is 1.99. The van der Waals surface area contributed by atoms with Crippen LogP contribution in [0.4, 0.5) is 0 Å². The summed E-state index contributed by atoms with van der Waals surface area (Å²) >= 11 is 0. The number of carbonyl (C=O) groups excluding carboxylic acids is 1. The Morgan fingerprint density at radius 1 is 1.61 bits per heavy atom. The van der Waals surface area contributed by atoms with Crippen LogP contribution in [0, 0.1) is 0 Å². The zero-order valence-corrected chi connectivity index (χ0v) is 10.3. The molecule has 98 valence electrons. The minimum absolute atomic E-state index is 0.0587. The van der Waals surface area contributed by atoms with Crippen molar-refractivity contribution >= 4 is 5.91 Å². The molecular weight excluding hydrogens is 232 g/mol. The van der Waals surface area contributed by atoms with E-state index >= 15 is 0 Å². The van der Waals surface area contributed by atoms with E-state index in [1.807, 2.05) is 24.3 Å². The quantitative estimate of drug-likeness (QED) is 0.698. The highest BCUT2D eigenvalue weighted by Crippen LogP contribution is 2.18. The number of amides is 1. The number of hydrogen-bond acceptors (Lipinski definition) is 4. The Hall–Kier alpha value is -1.59. The average molecular weight is 250 g/mol. The number of carbonyl (C=O) groups is 1. The molecule has 1 aliphatic heterocycles. The SMILES string of the molecule is COc1cccc(C(O)CNC2CNC(=O)C2)c1. The molecule has 2 unspecified atom stereocenters. The molecule has 0 radical (unpaired) electrons. The summed E-state index contributed by atoms with van der Waals surface area (Å²) in [4.78, 5) is 11.0. The first-order chi connectivity index (χ1) is 8.69. The lowest BCUT2D eigenvalue weighted by Gasteiger charge is -2.16. The Labute approximate surface area is 106 Å². The molecule has 1 aromatic carbocycles. The number of aliphatic hydroxyl groups is 1. The maximum absolute atomic E-state index is 11.0. The van der Waals surface area contributed by atoms with Gasteiger partial charge in [0, 0.05) is 25.6 Å². The van der Waals surface area contributed by atoms with Crippen molar-refractivity contribution in [3.05, 3.63) is 29.8 Å². The fraction of sp³-hybridized carbons (Fsp3) is 0.462. The Morgan fingerprint density at radius 3 is 3.11 bits per heavy atom. The number of rotatable bonds is 5. The first kappa shape index (κ1) is 12.9. The molecule has 1 aliphatic rings. The van der Waals surface area contributed by atoms with Crippen LogP contribution >= 0.6 is 0 Å². The van der Waals surface area contributed by atoms with Crippen LogP contribution in [0.3, 0.4) is 0 Å². The second-order valence-corrected chi connectivity index (χ2v) is 4.41. The van der Waals surface area contributed by atoms with Gasteiger partial charge in [0.1, 0.15) is 5.75 Å². The van der Waals surface area contributed by atoms with E-state index in [4.69, 9.17) is 4.74 Å². The summed E-state index contributed by atoms with van der Waals surface area (Å²) in [6.45, 7) is 1.05. The molecule has 1 heterocycles. The lowest BCUT2D eigenvalue weighted by molar-refractivity contribution is -0.119. The van der Waals surface area contributed by atoms with E-state index < -0.39 is 6.10 Å². The minimum Gasteiger partial charge on any atom is -0.497 e. The van der Waals surface area contributed by atoms with Gasteiger partial charge in [0.25, 0.3) is 0 Å². The predicted octanol–water partition coefficient (Wildman–Crippen LogP) is 0.207. The maximum atomic E-state index is 11.0. The molecule has 1 fully saturated rings. The Bertz CT molecular complexity index is 422. The van der Waals surface area contributed by atoms with Crippen molar-refractivity contribution in [1.82, 2.24) is 10.6 Å². The molecule has 2 atom stereocenters. The Balaban J connectivity index is 1.86. The molecular formula is C13H18N2O3. The highest BCUT2D eigenvalue weighted by Gasteiger charge is 2.21. The third-order valence-corrected chi connectivity index (χ3v) is 3.06. The van der Waals surface area contributed by atoms with Crippen molar-refractivity contribution in [2.75, 3.05) is 20.2 Å². The molecule has 0 saturated carbocycles. The van der Waals surface area contributed by atoms with Gasteiger partial charge in [-0.25, -0.2) is 0 Å². The van der Waals surface area contributed by atoms with Crippen molar-refractivity contribution in [3.63, 3.8) is 0 Å². The van der Waals surface area contributed by atoms with Crippen molar-refractivity contribution in [3.8, 4) is 5.75 Å². The van der Waals surface area contributed by atoms with Crippen LogP contribution in [-0.4, -0.2) is 37.3 Å². The summed E-state index contributed by atoms with van der Waals surface area (Å²) in [7, 11) is 1.60. The highest BCUT2D eigenvalue weighted by atomic mass is 16.5.